The third kappa shape index (κ3) is 2.55. The summed E-state index contributed by atoms with van der Waals surface area (Å²) in [7, 11) is 0. The molecule has 0 aliphatic carbocycles. The van der Waals surface area contributed by atoms with Crippen LogP contribution in [0, 0.1) is 17.2 Å². The second kappa shape index (κ2) is 4.40. The Bertz CT molecular complexity index is 343. The molecule has 1 rings (SSSR count). The summed E-state index contributed by atoms with van der Waals surface area (Å²) in [6.45, 7) is 1.85. The zero-order valence-electron chi connectivity index (χ0n) is 7.21. The highest BCUT2D eigenvalue weighted by molar-refractivity contribution is 9.10. The highest BCUT2D eigenvalue weighted by atomic mass is 79.9. The maximum Gasteiger partial charge on any atom is 0.0992 e. The molecule has 13 heavy (non-hydrogen) atoms. The predicted octanol–water partition coefficient (Wildman–Crippen LogP) is 2.26. The molecule has 0 aliphatic heterocycles. The highest BCUT2D eigenvalue weighted by Gasteiger charge is 2.06. The summed E-state index contributed by atoms with van der Waals surface area (Å²) >= 11 is 3.31. The molecule has 1 N–H and O–H groups in total. The molecule has 0 fully saturated rings. The first-order valence-electron chi connectivity index (χ1n) is 3.81. The van der Waals surface area contributed by atoms with Crippen molar-refractivity contribution in [3.63, 3.8) is 0 Å². The first kappa shape index (κ1) is 10.2. The van der Waals surface area contributed by atoms with E-state index < -0.39 is 0 Å². The maximum absolute atomic E-state index is 8.91. The molecule has 3 heteroatoms. The van der Waals surface area contributed by atoms with E-state index >= 15 is 0 Å². The van der Waals surface area contributed by atoms with Gasteiger partial charge in [0.1, 0.15) is 0 Å². The van der Waals surface area contributed by atoms with Gasteiger partial charge < -0.3 is 5.11 Å². The Labute approximate surface area is 85.9 Å². The monoisotopic (exact) mass is 238 g/mol. The third-order valence-electron chi connectivity index (χ3n) is 1.76. The number of nitrogens with zero attached hydrogens (tertiary/aromatic N) is 1. The van der Waals surface area contributed by atoms with Crippen molar-refractivity contribution >= 4 is 15.9 Å². The van der Waals surface area contributed by atoms with E-state index in [0.717, 1.165) is 16.0 Å². The van der Waals surface area contributed by atoms with Crippen molar-refractivity contribution in [1.29, 1.82) is 5.26 Å². The third-order valence-corrected chi connectivity index (χ3v) is 2.21. The van der Waals surface area contributed by atoms with Gasteiger partial charge in [0.2, 0.25) is 0 Å². The summed E-state index contributed by atoms with van der Waals surface area (Å²) in [5, 5.41) is 17.6. The van der Waals surface area contributed by atoms with Crippen molar-refractivity contribution < 1.29 is 5.11 Å². The second-order valence-corrected chi connectivity index (χ2v) is 3.69. The van der Waals surface area contributed by atoms with Gasteiger partial charge >= 0.3 is 0 Å². The summed E-state index contributed by atoms with van der Waals surface area (Å²) in [6, 6.07) is 7.45. The predicted molar refractivity (Wildman–Crippen MR) is 54.0 cm³/mol. The van der Waals surface area contributed by atoms with E-state index in [1.165, 1.54) is 0 Å². The van der Waals surface area contributed by atoms with Crippen LogP contribution in [0.1, 0.15) is 18.1 Å². The molecule has 0 amide bonds. The van der Waals surface area contributed by atoms with Gasteiger partial charge in [-0.3, -0.25) is 0 Å². The maximum atomic E-state index is 8.91. The molecular formula is C10H9BrNO. The van der Waals surface area contributed by atoms with Crippen LogP contribution in [0.5, 0.6) is 0 Å². The lowest BCUT2D eigenvalue weighted by Crippen LogP contribution is -2.00. The van der Waals surface area contributed by atoms with Gasteiger partial charge in [-0.05, 0) is 23.8 Å². The number of halogens is 1. The molecule has 1 aromatic rings. The molecule has 0 saturated carbocycles. The minimum Gasteiger partial charge on any atom is -0.395 e. The summed E-state index contributed by atoms with van der Waals surface area (Å²) in [5.41, 5.74) is 1.49. The van der Waals surface area contributed by atoms with E-state index in [1.54, 1.807) is 12.1 Å². The van der Waals surface area contributed by atoms with E-state index in [9.17, 15) is 0 Å². The minimum absolute atomic E-state index is 0.0152. The number of nitriles is 1. The summed E-state index contributed by atoms with van der Waals surface area (Å²) in [4.78, 5) is 0. The van der Waals surface area contributed by atoms with E-state index in [1.807, 2.05) is 13.0 Å². The van der Waals surface area contributed by atoms with Gasteiger partial charge in [0, 0.05) is 10.4 Å². The van der Waals surface area contributed by atoms with Crippen LogP contribution in [-0.2, 0) is 0 Å². The summed E-state index contributed by atoms with van der Waals surface area (Å²) < 4.78 is 0.856. The average Bonchev–Trinajstić information content (AvgIpc) is 2.15. The van der Waals surface area contributed by atoms with Crippen molar-refractivity contribution in [3.8, 4) is 6.07 Å². The van der Waals surface area contributed by atoms with Crippen LogP contribution in [0.4, 0.5) is 0 Å². The second-order valence-electron chi connectivity index (χ2n) is 2.78. The lowest BCUT2D eigenvalue weighted by atomic mass is 10.0. The molecule has 67 valence electrons. The molecule has 0 spiro atoms. The van der Waals surface area contributed by atoms with Crippen molar-refractivity contribution in [2.24, 2.45) is 0 Å². The minimum atomic E-state index is 0.0152. The van der Waals surface area contributed by atoms with Crippen molar-refractivity contribution in [2.45, 2.75) is 6.92 Å². The number of rotatable bonds is 2. The van der Waals surface area contributed by atoms with Gasteiger partial charge in [0.15, 0.2) is 0 Å². The fourth-order valence-corrected chi connectivity index (χ4v) is 1.49. The number of benzene rings is 1. The quantitative estimate of drug-likeness (QED) is 0.860. The summed E-state index contributed by atoms with van der Waals surface area (Å²) in [6.07, 6.45) is 0. The highest BCUT2D eigenvalue weighted by Crippen LogP contribution is 2.20. The van der Waals surface area contributed by atoms with Gasteiger partial charge in [0.05, 0.1) is 18.2 Å². The van der Waals surface area contributed by atoms with Crippen LogP contribution in [0.3, 0.4) is 0 Å². The SMILES string of the molecule is C[C](CO)c1cc(Br)cc(C#N)c1. The molecule has 2 nitrogen and oxygen atoms in total. The van der Waals surface area contributed by atoms with Crippen LogP contribution in [-0.4, -0.2) is 11.7 Å². The molecule has 0 aromatic heterocycles. The number of hydrogen-bond acceptors (Lipinski definition) is 2. The molecule has 0 aliphatic rings. The van der Waals surface area contributed by atoms with Gasteiger partial charge in [-0.25, -0.2) is 0 Å². The van der Waals surface area contributed by atoms with E-state index in [0.29, 0.717) is 5.56 Å². The molecule has 0 unspecified atom stereocenters. The number of aliphatic hydroxyl groups excluding tert-OH is 1. The molecule has 0 saturated heterocycles. The molecule has 0 atom stereocenters. The van der Waals surface area contributed by atoms with Crippen LogP contribution >= 0.6 is 15.9 Å². The van der Waals surface area contributed by atoms with E-state index in [2.05, 4.69) is 22.0 Å². The Morgan fingerprint density at radius 1 is 1.54 bits per heavy atom. The topological polar surface area (TPSA) is 44.0 Å². The standard InChI is InChI=1S/C10H9BrNO/c1-7(6-13)9-2-8(5-12)3-10(11)4-9/h2-4,13H,6H2,1H3. The number of hydrogen-bond donors (Lipinski definition) is 1. The lowest BCUT2D eigenvalue weighted by molar-refractivity contribution is 0.315. The van der Waals surface area contributed by atoms with Gasteiger partial charge in [-0.1, -0.05) is 22.9 Å². The van der Waals surface area contributed by atoms with Gasteiger partial charge in [0.25, 0.3) is 0 Å². The Morgan fingerprint density at radius 3 is 2.77 bits per heavy atom. The fraction of sp³-hybridized carbons (Fsp3) is 0.200. The molecule has 0 bridgehead atoms. The average molecular weight is 239 g/mol. The Hall–Kier alpha value is -0.850. The lowest BCUT2D eigenvalue weighted by Gasteiger charge is -2.07. The van der Waals surface area contributed by atoms with Crippen molar-refractivity contribution in [1.82, 2.24) is 0 Å². The van der Waals surface area contributed by atoms with E-state index in [4.69, 9.17) is 10.4 Å². The largest absolute Gasteiger partial charge is 0.395 e. The normalized spacial score (nSPS) is 10.1. The Kier molecular flexibility index (Phi) is 3.47. The Balaban J connectivity index is 3.10. The van der Waals surface area contributed by atoms with Crippen LogP contribution < -0.4 is 0 Å². The first-order chi connectivity index (χ1) is 6.17. The van der Waals surface area contributed by atoms with Gasteiger partial charge in [-0.15, -0.1) is 0 Å². The summed E-state index contributed by atoms with van der Waals surface area (Å²) in [5.74, 6) is 0.859. The van der Waals surface area contributed by atoms with Crippen molar-refractivity contribution in [3.05, 3.63) is 39.7 Å². The fourth-order valence-electron chi connectivity index (χ4n) is 0.992. The van der Waals surface area contributed by atoms with Gasteiger partial charge in [-0.2, -0.15) is 5.26 Å². The molecule has 1 radical (unpaired) electrons. The van der Waals surface area contributed by atoms with Crippen LogP contribution in [0.25, 0.3) is 0 Å². The van der Waals surface area contributed by atoms with Crippen LogP contribution in [0.2, 0.25) is 0 Å². The van der Waals surface area contributed by atoms with E-state index in [-0.39, 0.29) is 6.61 Å². The zero-order chi connectivity index (χ0) is 9.84. The smallest absolute Gasteiger partial charge is 0.0992 e. The first-order valence-corrected chi connectivity index (χ1v) is 4.61. The molecule has 0 heterocycles. The van der Waals surface area contributed by atoms with Crippen LogP contribution in [0.15, 0.2) is 22.7 Å². The zero-order valence-corrected chi connectivity index (χ0v) is 8.80. The molecular weight excluding hydrogens is 230 g/mol. The Morgan fingerprint density at radius 2 is 2.23 bits per heavy atom. The molecule has 1 aromatic carbocycles. The van der Waals surface area contributed by atoms with Crippen molar-refractivity contribution in [2.75, 3.05) is 6.61 Å². The number of aliphatic hydroxyl groups is 1.